The Labute approximate surface area is 134 Å². The number of nitrogens with one attached hydrogen (secondary N) is 1. The molecule has 0 radical (unpaired) electrons. The standard InChI is InChI=1S/C17H16Cl2N2/c1-20-10-14-9-12-5-2-3-8-16(12)21(14)11-13-6-4-7-15(18)17(13)19/h2-9,20H,10-11H2,1H3. The summed E-state index contributed by atoms with van der Waals surface area (Å²) in [5.74, 6) is 0. The van der Waals surface area contributed by atoms with Gasteiger partial charge in [-0.2, -0.15) is 0 Å². The van der Waals surface area contributed by atoms with Crippen molar-refractivity contribution >= 4 is 34.1 Å². The van der Waals surface area contributed by atoms with Crippen LogP contribution in [-0.4, -0.2) is 11.6 Å². The summed E-state index contributed by atoms with van der Waals surface area (Å²) in [6.07, 6.45) is 0. The van der Waals surface area contributed by atoms with E-state index in [-0.39, 0.29) is 0 Å². The van der Waals surface area contributed by atoms with Gasteiger partial charge in [-0.1, -0.05) is 53.5 Å². The van der Waals surface area contributed by atoms with Gasteiger partial charge in [0, 0.05) is 24.3 Å². The second-order valence-corrected chi connectivity index (χ2v) is 5.81. The van der Waals surface area contributed by atoms with Gasteiger partial charge in [0.25, 0.3) is 0 Å². The van der Waals surface area contributed by atoms with Gasteiger partial charge >= 0.3 is 0 Å². The highest BCUT2D eigenvalue weighted by atomic mass is 35.5. The van der Waals surface area contributed by atoms with Gasteiger partial charge in [-0.25, -0.2) is 0 Å². The van der Waals surface area contributed by atoms with Crippen molar-refractivity contribution in [2.75, 3.05) is 7.05 Å². The van der Waals surface area contributed by atoms with Crippen molar-refractivity contribution in [2.45, 2.75) is 13.1 Å². The average molecular weight is 319 g/mol. The highest BCUT2D eigenvalue weighted by molar-refractivity contribution is 6.42. The highest BCUT2D eigenvalue weighted by Gasteiger charge is 2.11. The van der Waals surface area contributed by atoms with Crippen molar-refractivity contribution in [2.24, 2.45) is 0 Å². The number of hydrogen-bond donors (Lipinski definition) is 1. The van der Waals surface area contributed by atoms with Crippen molar-refractivity contribution in [3.63, 3.8) is 0 Å². The van der Waals surface area contributed by atoms with E-state index in [4.69, 9.17) is 23.2 Å². The molecule has 1 aromatic heterocycles. The zero-order valence-electron chi connectivity index (χ0n) is 11.7. The summed E-state index contributed by atoms with van der Waals surface area (Å²) in [6, 6.07) is 16.4. The quantitative estimate of drug-likeness (QED) is 0.736. The van der Waals surface area contributed by atoms with Gasteiger partial charge in [0.05, 0.1) is 10.0 Å². The zero-order chi connectivity index (χ0) is 14.8. The summed E-state index contributed by atoms with van der Waals surface area (Å²) in [6.45, 7) is 1.52. The molecular weight excluding hydrogens is 303 g/mol. The summed E-state index contributed by atoms with van der Waals surface area (Å²) >= 11 is 12.4. The molecule has 0 amide bonds. The molecule has 3 aromatic rings. The molecule has 0 bridgehead atoms. The molecule has 0 aliphatic heterocycles. The molecule has 1 N–H and O–H groups in total. The lowest BCUT2D eigenvalue weighted by atomic mass is 10.2. The lowest BCUT2D eigenvalue weighted by Gasteiger charge is -2.12. The molecule has 108 valence electrons. The van der Waals surface area contributed by atoms with E-state index in [0.717, 1.165) is 12.1 Å². The number of para-hydroxylation sites is 1. The lowest BCUT2D eigenvalue weighted by Crippen LogP contribution is -2.12. The van der Waals surface area contributed by atoms with E-state index in [0.29, 0.717) is 16.6 Å². The first kappa shape index (κ1) is 14.5. The number of halogens is 2. The summed E-state index contributed by atoms with van der Waals surface area (Å²) < 4.78 is 2.28. The average Bonchev–Trinajstić information content (AvgIpc) is 2.82. The van der Waals surface area contributed by atoms with Gasteiger partial charge in [-0.15, -0.1) is 0 Å². The molecule has 0 aliphatic carbocycles. The minimum atomic E-state index is 0.598. The zero-order valence-corrected chi connectivity index (χ0v) is 13.2. The molecule has 0 aliphatic rings. The molecule has 0 fully saturated rings. The maximum absolute atomic E-state index is 6.33. The second-order valence-electron chi connectivity index (χ2n) is 5.02. The molecule has 0 saturated carbocycles. The highest BCUT2D eigenvalue weighted by Crippen LogP contribution is 2.28. The van der Waals surface area contributed by atoms with Gasteiger partial charge in [-0.3, -0.25) is 0 Å². The van der Waals surface area contributed by atoms with Gasteiger partial charge in [0.15, 0.2) is 0 Å². The van der Waals surface area contributed by atoms with E-state index in [2.05, 4.69) is 40.2 Å². The number of aromatic nitrogens is 1. The van der Waals surface area contributed by atoms with Crippen molar-refractivity contribution in [1.82, 2.24) is 9.88 Å². The smallest absolute Gasteiger partial charge is 0.0642 e. The summed E-state index contributed by atoms with van der Waals surface area (Å²) in [4.78, 5) is 0. The fourth-order valence-electron chi connectivity index (χ4n) is 2.62. The molecule has 4 heteroatoms. The number of rotatable bonds is 4. The fourth-order valence-corrected chi connectivity index (χ4v) is 3.00. The van der Waals surface area contributed by atoms with Gasteiger partial charge in [0.2, 0.25) is 0 Å². The number of nitrogens with zero attached hydrogens (tertiary/aromatic N) is 1. The molecular formula is C17H16Cl2N2. The first-order valence-corrected chi connectivity index (χ1v) is 7.61. The second kappa shape index (κ2) is 6.10. The van der Waals surface area contributed by atoms with Crippen LogP contribution in [0, 0.1) is 0 Å². The first-order chi connectivity index (χ1) is 10.2. The summed E-state index contributed by atoms with van der Waals surface area (Å²) in [5.41, 5.74) is 3.47. The lowest BCUT2D eigenvalue weighted by molar-refractivity contribution is 0.709. The Kier molecular flexibility index (Phi) is 4.20. The number of benzene rings is 2. The van der Waals surface area contributed by atoms with Crippen molar-refractivity contribution in [3.05, 3.63) is 69.8 Å². The van der Waals surface area contributed by atoms with Crippen LogP contribution in [-0.2, 0) is 13.1 Å². The largest absolute Gasteiger partial charge is 0.339 e. The number of fused-ring (bicyclic) bond motifs is 1. The minimum absolute atomic E-state index is 0.598. The molecule has 3 rings (SSSR count). The van der Waals surface area contributed by atoms with E-state index in [9.17, 15) is 0 Å². The minimum Gasteiger partial charge on any atom is -0.339 e. The van der Waals surface area contributed by atoms with Crippen LogP contribution in [0.4, 0.5) is 0 Å². The van der Waals surface area contributed by atoms with Crippen molar-refractivity contribution < 1.29 is 0 Å². The van der Waals surface area contributed by atoms with Crippen molar-refractivity contribution in [1.29, 1.82) is 0 Å². The summed E-state index contributed by atoms with van der Waals surface area (Å²) in [5, 5.41) is 5.68. The third-order valence-electron chi connectivity index (χ3n) is 3.61. The van der Waals surface area contributed by atoms with Crippen LogP contribution in [0.25, 0.3) is 10.9 Å². The Balaban J connectivity index is 2.10. The Morgan fingerprint density at radius 3 is 2.67 bits per heavy atom. The van der Waals surface area contributed by atoms with Crippen molar-refractivity contribution in [3.8, 4) is 0 Å². The van der Waals surface area contributed by atoms with E-state index in [1.807, 2.05) is 25.2 Å². The van der Waals surface area contributed by atoms with Gasteiger partial charge < -0.3 is 9.88 Å². The fraction of sp³-hybridized carbons (Fsp3) is 0.176. The van der Waals surface area contributed by atoms with E-state index < -0.39 is 0 Å². The maximum atomic E-state index is 6.33. The molecule has 2 aromatic carbocycles. The molecule has 0 spiro atoms. The molecule has 0 saturated heterocycles. The van der Waals surface area contributed by atoms with Crippen LogP contribution >= 0.6 is 23.2 Å². The van der Waals surface area contributed by atoms with Gasteiger partial charge in [0.1, 0.15) is 0 Å². The van der Waals surface area contributed by atoms with Gasteiger partial charge in [-0.05, 0) is 36.2 Å². The third kappa shape index (κ3) is 2.80. The van der Waals surface area contributed by atoms with Crippen LogP contribution in [0.5, 0.6) is 0 Å². The Morgan fingerprint density at radius 2 is 1.86 bits per heavy atom. The van der Waals surface area contributed by atoms with Crippen LogP contribution in [0.3, 0.4) is 0 Å². The first-order valence-electron chi connectivity index (χ1n) is 6.85. The van der Waals surface area contributed by atoms with E-state index in [1.165, 1.54) is 16.6 Å². The molecule has 21 heavy (non-hydrogen) atoms. The van der Waals surface area contributed by atoms with Crippen LogP contribution < -0.4 is 5.32 Å². The van der Waals surface area contributed by atoms with Crippen LogP contribution in [0.2, 0.25) is 10.0 Å². The Bertz CT molecular complexity index is 778. The van der Waals surface area contributed by atoms with Crippen LogP contribution in [0.1, 0.15) is 11.3 Å². The summed E-state index contributed by atoms with van der Waals surface area (Å²) in [7, 11) is 1.95. The Morgan fingerprint density at radius 1 is 1.05 bits per heavy atom. The molecule has 0 unspecified atom stereocenters. The number of hydrogen-bond acceptors (Lipinski definition) is 1. The van der Waals surface area contributed by atoms with E-state index in [1.54, 1.807) is 0 Å². The topological polar surface area (TPSA) is 17.0 Å². The maximum Gasteiger partial charge on any atom is 0.0642 e. The normalized spacial score (nSPS) is 11.2. The monoisotopic (exact) mass is 318 g/mol. The van der Waals surface area contributed by atoms with E-state index >= 15 is 0 Å². The van der Waals surface area contributed by atoms with Crippen LogP contribution in [0.15, 0.2) is 48.5 Å². The predicted octanol–water partition coefficient (Wildman–Crippen LogP) is 4.72. The Hall–Kier alpha value is -1.48. The SMILES string of the molecule is CNCc1cc2ccccc2n1Cc1cccc(Cl)c1Cl. The molecule has 2 nitrogen and oxygen atoms in total. The molecule has 0 atom stereocenters. The third-order valence-corrected chi connectivity index (χ3v) is 4.47. The predicted molar refractivity (Wildman–Crippen MR) is 90.3 cm³/mol. The molecule has 1 heterocycles.